The third-order valence-electron chi connectivity index (χ3n) is 6.79. The number of benzene rings is 3. The second-order valence-electron chi connectivity index (χ2n) is 12.5. The van der Waals surface area contributed by atoms with E-state index in [1.165, 1.54) is 56.6 Å². The molecule has 4 aromatic rings. The summed E-state index contributed by atoms with van der Waals surface area (Å²) in [5, 5.41) is 5.48. The summed E-state index contributed by atoms with van der Waals surface area (Å²) in [5.74, 6) is 1.61. The third-order valence-corrected chi connectivity index (χ3v) is 6.79. The van der Waals surface area contributed by atoms with Crippen molar-refractivity contribution in [2.24, 2.45) is 0 Å². The summed E-state index contributed by atoms with van der Waals surface area (Å²) in [5.41, 5.74) is 5.40. The molecule has 0 aromatic heterocycles. The van der Waals surface area contributed by atoms with Crippen molar-refractivity contribution in [3.8, 4) is 11.5 Å². The van der Waals surface area contributed by atoms with Crippen LogP contribution in [0.2, 0.25) is 0 Å². The van der Waals surface area contributed by atoms with E-state index in [1.54, 1.807) is 17.5 Å². The van der Waals surface area contributed by atoms with Gasteiger partial charge in [-0.1, -0.05) is 95.5 Å². The van der Waals surface area contributed by atoms with E-state index in [2.05, 4.69) is 116 Å². The number of methoxy groups -OCH3 is 2. The van der Waals surface area contributed by atoms with E-state index < -0.39 is 0 Å². The molecule has 0 N–H and O–H groups in total. The van der Waals surface area contributed by atoms with E-state index in [1.807, 2.05) is 18.2 Å². The van der Waals surface area contributed by atoms with Crippen molar-refractivity contribution in [2.75, 3.05) is 14.2 Å². The monoisotopic (exact) mass is 700 g/mol. The molecule has 0 unspecified atom stereocenters. The maximum absolute atomic E-state index is 5.21. The molecule has 5 rings (SSSR count). The first kappa shape index (κ1) is 31.9. The normalized spacial score (nSPS) is 12.8. The molecule has 0 fully saturated rings. The minimum atomic E-state index is 0.203. The second-order valence-corrected chi connectivity index (χ2v) is 16.1. The molecule has 1 aliphatic carbocycles. The Balaban J connectivity index is 0.000000203. The first-order valence-electron chi connectivity index (χ1n) is 13.9. The summed E-state index contributed by atoms with van der Waals surface area (Å²) in [4.78, 5) is 0. The predicted molar refractivity (Wildman–Crippen MR) is 171 cm³/mol. The average Bonchev–Trinajstić information content (AvgIpc) is 3.55. The Bertz CT molecular complexity index is 1440. The van der Waals surface area contributed by atoms with Gasteiger partial charge in [0.15, 0.2) is 0 Å². The molecule has 3 heteroatoms. The molecule has 0 aliphatic heterocycles. The molecule has 40 heavy (non-hydrogen) atoms. The average molecular weight is 699 g/mol. The Kier molecular flexibility index (Phi) is 10.6. The Hall–Kier alpha value is -2.65. The quantitative estimate of drug-likeness (QED) is 0.157. The van der Waals surface area contributed by atoms with E-state index in [0.717, 1.165) is 29.1 Å². The SMILES string of the molecule is CC(C)(C)c1ccc2c(c1)[cH-]c1cc(C(C)(C)C)ccc12.COc1cc(OC)cc(C2=[C-]CC=C2)c1.C[C](C)=[Hf+2]. The van der Waals surface area contributed by atoms with Gasteiger partial charge in [-0.05, 0) is 10.8 Å². The fraction of sp³-hybridized carbons (Fsp3) is 0.351. The van der Waals surface area contributed by atoms with Crippen molar-refractivity contribution in [1.29, 1.82) is 0 Å². The minimum absolute atomic E-state index is 0.203. The predicted octanol–water partition coefficient (Wildman–Crippen LogP) is 9.90. The van der Waals surface area contributed by atoms with Gasteiger partial charge in [-0.3, -0.25) is 0 Å². The molecular weight excluding hydrogens is 655 g/mol. The molecule has 208 valence electrons. The van der Waals surface area contributed by atoms with Crippen LogP contribution in [0.3, 0.4) is 0 Å². The van der Waals surface area contributed by atoms with Crippen molar-refractivity contribution >= 4 is 30.4 Å². The van der Waals surface area contributed by atoms with Crippen LogP contribution in [0.4, 0.5) is 0 Å². The van der Waals surface area contributed by atoms with Gasteiger partial charge in [0.25, 0.3) is 0 Å². The fourth-order valence-corrected chi connectivity index (χ4v) is 4.52. The Morgan fingerprint density at radius 3 is 1.55 bits per heavy atom. The van der Waals surface area contributed by atoms with Crippen LogP contribution in [0.1, 0.15) is 78.5 Å². The molecule has 0 spiro atoms. The third kappa shape index (κ3) is 8.43. The first-order chi connectivity index (χ1) is 18.7. The first-order valence-corrected chi connectivity index (χ1v) is 15.7. The number of hydrogen-bond donors (Lipinski definition) is 0. The van der Waals surface area contributed by atoms with Crippen LogP contribution < -0.4 is 9.47 Å². The fourth-order valence-electron chi connectivity index (χ4n) is 4.52. The molecule has 0 saturated heterocycles. The van der Waals surface area contributed by atoms with Crippen LogP contribution in [0.15, 0.2) is 72.8 Å². The number of ether oxygens (including phenoxy) is 2. The Morgan fingerprint density at radius 2 is 1.20 bits per heavy atom. The van der Waals surface area contributed by atoms with Crippen molar-refractivity contribution in [3.63, 3.8) is 0 Å². The van der Waals surface area contributed by atoms with Gasteiger partial charge in [0.05, 0.1) is 14.2 Å². The van der Waals surface area contributed by atoms with Gasteiger partial charge in [-0.2, -0.15) is 17.7 Å². The Morgan fingerprint density at radius 1 is 0.750 bits per heavy atom. The molecule has 0 radical (unpaired) electrons. The number of allylic oxidation sites excluding steroid dienone is 4. The van der Waals surface area contributed by atoms with Crippen molar-refractivity contribution in [3.05, 3.63) is 95.6 Å². The van der Waals surface area contributed by atoms with Crippen LogP contribution in [-0.4, -0.2) is 17.5 Å². The van der Waals surface area contributed by atoms with Crippen LogP contribution in [-0.2, 0) is 34.7 Å². The molecule has 4 aromatic carbocycles. The summed E-state index contributed by atoms with van der Waals surface area (Å²) < 4.78 is 12.0. The number of rotatable bonds is 3. The van der Waals surface area contributed by atoms with Crippen LogP contribution in [0.25, 0.3) is 27.1 Å². The molecular formula is C37H44HfO2. The van der Waals surface area contributed by atoms with Gasteiger partial charge in [0.1, 0.15) is 11.5 Å². The van der Waals surface area contributed by atoms with Crippen molar-refractivity contribution < 1.29 is 33.4 Å². The molecule has 2 nitrogen and oxygen atoms in total. The summed E-state index contributed by atoms with van der Waals surface area (Å²) in [6.07, 6.45) is 8.30. The van der Waals surface area contributed by atoms with Gasteiger partial charge in [0.2, 0.25) is 0 Å². The van der Waals surface area contributed by atoms with Crippen LogP contribution in [0.5, 0.6) is 11.5 Å². The van der Waals surface area contributed by atoms with E-state index in [9.17, 15) is 0 Å². The Labute approximate surface area is 256 Å². The topological polar surface area (TPSA) is 18.5 Å². The van der Waals surface area contributed by atoms with Gasteiger partial charge in [-0.15, -0.1) is 51.4 Å². The number of fused-ring (bicyclic) bond motifs is 3. The van der Waals surface area contributed by atoms with Crippen LogP contribution in [0, 0.1) is 6.08 Å². The molecule has 0 amide bonds. The second kappa shape index (κ2) is 13.3. The summed E-state index contributed by atoms with van der Waals surface area (Å²) >= 11 is 1.27. The summed E-state index contributed by atoms with van der Waals surface area (Å²) in [6.45, 7) is 17.9. The van der Waals surface area contributed by atoms with E-state index in [-0.39, 0.29) is 10.8 Å². The van der Waals surface area contributed by atoms with Gasteiger partial charge >= 0.3 is 41.0 Å². The van der Waals surface area contributed by atoms with E-state index >= 15 is 0 Å². The molecule has 0 saturated carbocycles. The van der Waals surface area contributed by atoms with Gasteiger partial charge in [-0.25, -0.2) is 0 Å². The molecule has 0 atom stereocenters. The molecule has 1 aliphatic rings. The van der Waals surface area contributed by atoms with E-state index in [4.69, 9.17) is 9.47 Å². The maximum atomic E-state index is 5.21. The molecule has 0 heterocycles. The van der Waals surface area contributed by atoms with E-state index in [0.29, 0.717) is 0 Å². The van der Waals surface area contributed by atoms with Gasteiger partial charge < -0.3 is 9.47 Å². The zero-order valence-corrected chi connectivity index (χ0v) is 29.5. The van der Waals surface area contributed by atoms with Crippen molar-refractivity contribution in [1.82, 2.24) is 0 Å². The summed E-state index contributed by atoms with van der Waals surface area (Å²) in [6, 6.07) is 22.0. The van der Waals surface area contributed by atoms with Gasteiger partial charge in [0, 0.05) is 6.07 Å². The molecule has 0 bridgehead atoms. The zero-order chi connectivity index (χ0) is 29.7. The summed E-state index contributed by atoms with van der Waals surface area (Å²) in [7, 11) is 3.31. The van der Waals surface area contributed by atoms with Crippen molar-refractivity contribution in [2.45, 2.75) is 72.6 Å². The zero-order valence-electron chi connectivity index (χ0n) is 26.0. The standard InChI is InChI=1S/C21H25.C13H13O2.C3H6.Hf/c1-20(2,3)16-7-9-18-14(12-16)11-15-13-17(21(4,5)6)8-10-19(15)18;1-14-12-7-11(8-13(9-12)15-2)10-5-3-4-6-10;1-3-2;/h7-13H,1-6H3;3,5,7-9H,4H2,1-2H3;1-2H3;/q2*-1;;+2. The number of hydrogen-bond acceptors (Lipinski definition) is 2. The van der Waals surface area contributed by atoms with Crippen LogP contribution >= 0.6 is 0 Å².